The Hall–Kier alpha value is -1.82. The summed E-state index contributed by atoms with van der Waals surface area (Å²) in [6, 6.07) is 4.40. The van der Waals surface area contributed by atoms with Gasteiger partial charge in [0.05, 0.1) is 5.39 Å². The first kappa shape index (κ1) is 9.72. The Kier molecular flexibility index (Phi) is 2.20. The van der Waals surface area contributed by atoms with Crippen LogP contribution in [0.25, 0.3) is 10.8 Å². The molecule has 0 aliphatic heterocycles. The monoisotopic (exact) mass is 227 g/mol. The number of benzene rings is 1. The van der Waals surface area contributed by atoms with Crippen LogP contribution >= 0.6 is 11.6 Å². The second-order valence-corrected chi connectivity index (χ2v) is 3.21. The molecule has 1 aromatic heterocycles. The van der Waals surface area contributed by atoms with Gasteiger partial charge in [-0.15, -0.1) is 5.10 Å². The number of nitrogens with two attached hydrogens (primary N) is 2. The lowest BCUT2D eigenvalue weighted by atomic mass is 10.2. The van der Waals surface area contributed by atoms with E-state index in [1.165, 1.54) is 12.1 Å². The second-order valence-electron chi connectivity index (χ2n) is 2.85. The average molecular weight is 228 g/mol. The zero-order valence-corrected chi connectivity index (χ0v) is 8.24. The van der Waals surface area contributed by atoms with Gasteiger partial charge in [0.1, 0.15) is 5.82 Å². The van der Waals surface area contributed by atoms with Crippen molar-refractivity contribution >= 4 is 22.4 Å². The first-order valence-corrected chi connectivity index (χ1v) is 4.39. The van der Waals surface area contributed by atoms with E-state index in [1.54, 1.807) is 6.07 Å². The largest absolute Gasteiger partial charge is 0.321 e. The Labute approximate surface area is 88.7 Å². The van der Waals surface area contributed by atoms with E-state index in [0.29, 0.717) is 5.39 Å². The molecule has 0 amide bonds. The van der Waals surface area contributed by atoms with Gasteiger partial charge in [-0.1, -0.05) is 23.7 Å². The first-order chi connectivity index (χ1) is 7.15. The normalized spacial score (nSPS) is 12.3. The number of fused-ring (bicyclic) bond motifs is 1. The van der Waals surface area contributed by atoms with E-state index in [-0.39, 0.29) is 16.0 Å². The van der Waals surface area contributed by atoms with Gasteiger partial charge in [0, 0.05) is 5.39 Å². The van der Waals surface area contributed by atoms with Crippen LogP contribution in [0.1, 0.15) is 0 Å². The number of aromatic nitrogens is 2. The highest BCUT2D eigenvalue weighted by molar-refractivity contribution is 6.34. The fourth-order valence-corrected chi connectivity index (χ4v) is 1.64. The van der Waals surface area contributed by atoms with Crippen molar-refractivity contribution in [3.8, 4) is 0 Å². The molecule has 0 saturated carbocycles. The zero-order chi connectivity index (χ0) is 11.0. The van der Waals surface area contributed by atoms with Crippen molar-refractivity contribution in [2.45, 2.75) is 0 Å². The number of halogens is 2. The van der Waals surface area contributed by atoms with Crippen LogP contribution in [-0.4, -0.2) is 9.89 Å². The molecule has 0 bridgehead atoms. The quantitative estimate of drug-likeness (QED) is 0.502. The maximum Gasteiger partial charge on any atom is 0.198 e. The predicted octanol–water partition coefficient (Wildman–Crippen LogP) is 0.317. The third-order valence-electron chi connectivity index (χ3n) is 2.00. The lowest BCUT2D eigenvalue weighted by molar-refractivity contribution is 0.637. The Bertz CT molecular complexity index is 591. The third kappa shape index (κ3) is 1.39. The average Bonchev–Trinajstić information content (AvgIpc) is 2.17. The molecule has 0 atom stereocenters. The summed E-state index contributed by atoms with van der Waals surface area (Å²) < 4.78 is 13.4. The SMILES string of the molecule is N/N=c1/c2cccc(F)c2c(Cl)nn1N. The topological polar surface area (TPSA) is 82.2 Å². The molecule has 78 valence electrons. The predicted molar refractivity (Wildman–Crippen MR) is 54.6 cm³/mol. The van der Waals surface area contributed by atoms with Crippen LogP contribution in [0.2, 0.25) is 5.15 Å². The summed E-state index contributed by atoms with van der Waals surface area (Å²) in [5.41, 5.74) is 0.161. The van der Waals surface area contributed by atoms with Crippen LogP contribution in [0.3, 0.4) is 0 Å². The summed E-state index contributed by atoms with van der Waals surface area (Å²) in [7, 11) is 0. The summed E-state index contributed by atoms with van der Waals surface area (Å²) in [6.45, 7) is 0. The van der Waals surface area contributed by atoms with E-state index in [9.17, 15) is 4.39 Å². The lowest BCUT2D eigenvalue weighted by Crippen LogP contribution is -2.32. The smallest absolute Gasteiger partial charge is 0.198 e. The molecular weight excluding hydrogens is 221 g/mol. The Balaban J connectivity index is 3.11. The first-order valence-electron chi connectivity index (χ1n) is 4.01. The minimum Gasteiger partial charge on any atom is -0.321 e. The molecule has 0 unspecified atom stereocenters. The molecule has 0 fully saturated rings. The molecule has 0 aliphatic carbocycles. The fraction of sp³-hybridized carbons (Fsp3) is 0. The third-order valence-corrected chi connectivity index (χ3v) is 2.26. The lowest BCUT2D eigenvalue weighted by Gasteiger charge is -2.05. The highest BCUT2D eigenvalue weighted by Gasteiger charge is 2.10. The zero-order valence-electron chi connectivity index (χ0n) is 7.48. The molecule has 5 nitrogen and oxygen atoms in total. The van der Waals surface area contributed by atoms with Crippen LogP contribution in [0, 0.1) is 5.82 Å². The van der Waals surface area contributed by atoms with Crippen LogP contribution in [0.5, 0.6) is 0 Å². The molecule has 0 aliphatic rings. The van der Waals surface area contributed by atoms with Gasteiger partial charge in [-0.05, 0) is 6.07 Å². The maximum absolute atomic E-state index is 13.4. The maximum atomic E-state index is 13.4. The van der Waals surface area contributed by atoms with E-state index < -0.39 is 5.82 Å². The molecule has 15 heavy (non-hydrogen) atoms. The number of rotatable bonds is 0. The van der Waals surface area contributed by atoms with Crippen LogP contribution in [-0.2, 0) is 0 Å². The number of nitrogens with zero attached hydrogens (tertiary/aromatic N) is 3. The number of hydrogen-bond donors (Lipinski definition) is 2. The van der Waals surface area contributed by atoms with E-state index >= 15 is 0 Å². The fourth-order valence-electron chi connectivity index (χ4n) is 1.36. The van der Waals surface area contributed by atoms with E-state index in [0.717, 1.165) is 4.79 Å². The molecular formula is C8H7ClFN5. The highest BCUT2D eigenvalue weighted by atomic mass is 35.5. The Morgan fingerprint density at radius 3 is 2.87 bits per heavy atom. The highest BCUT2D eigenvalue weighted by Crippen LogP contribution is 2.20. The standard InChI is InChI=1S/C8H7ClFN5/c9-7-6-4(2-1-3-5(6)10)8(13-11)15(12)14-7/h1-3H,11-12H2/b13-8-. The summed E-state index contributed by atoms with van der Waals surface area (Å²) in [6.07, 6.45) is 0. The number of hydrogen-bond acceptors (Lipinski definition) is 4. The van der Waals surface area contributed by atoms with Gasteiger partial charge in [0.25, 0.3) is 0 Å². The van der Waals surface area contributed by atoms with E-state index in [2.05, 4.69) is 10.2 Å². The summed E-state index contributed by atoms with van der Waals surface area (Å²) >= 11 is 5.76. The second kappa shape index (κ2) is 3.39. The van der Waals surface area contributed by atoms with Crippen LogP contribution < -0.4 is 17.2 Å². The summed E-state index contributed by atoms with van der Waals surface area (Å²) in [5, 5.41) is 7.65. The van der Waals surface area contributed by atoms with E-state index in [4.69, 9.17) is 23.3 Å². The molecule has 0 saturated heterocycles. The van der Waals surface area contributed by atoms with Gasteiger partial charge in [0.2, 0.25) is 0 Å². The Morgan fingerprint density at radius 1 is 1.47 bits per heavy atom. The van der Waals surface area contributed by atoms with Crippen molar-refractivity contribution in [1.82, 2.24) is 9.89 Å². The molecule has 0 radical (unpaired) electrons. The minimum absolute atomic E-state index is 0.0296. The number of nitrogen functional groups attached to an aromatic ring is 1. The van der Waals surface area contributed by atoms with Crippen molar-refractivity contribution in [2.75, 3.05) is 5.84 Å². The Morgan fingerprint density at radius 2 is 2.20 bits per heavy atom. The van der Waals surface area contributed by atoms with Gasteiger partial charge >= 0.3 is 0 Å². The molecule has 4 N–H and O–H groups in total. The van der Waals surface area contributed by atoms with Crippen molar-refractivity contribution in [3.63, 3.8) is 0 Å². The summed E-state index contributed by atoms with van der Waals surface area (Å²) in [4.78, 5) is 0.907. The van der Waals surface area contributed by atoms with Gasteiger partial charge in [-0.3, -0.25) is 0 Å². The molecule has 2 rings (SSSR count). The molecule has 7 heteroatoms. The van der Waals surface area contributed by atoms with Gasteiger partial charge in [-0.2, -0.15) is 9.89 Å². The molecule has 1 heterocycles. The van der Waals surface area contributed by atoms with E-state index in [1.807, 2.05) is 0 Å². The van der Waals surface area contributed by atoms with Crippen molar-refractivity contribution in [1.29, 1.82) is 0 Å². The van der Waals surface area contributed by atoms with Crippen LogP contribution in [0.4, 0.5) is 4.39 Å². The van der Waals surface area contributed by atoms with Crippen molar-refractivity contribution in [2.24, 2.45) is 10.9 Å². The van der Waals surface area contributed by atoms with Crippen LogP contribution in [0.15, 0.2) is 23.3 Å². The molecule has 2 aromatic rings. The van der Waals surface area contributed by atoms with Gasteiger partial charge in [-0.25, -0.2) is 4.39 Å². The van der Waals surface area contributed by atoms with Crippen molar-refractivity contribution < 1.29 is 4.39 Å². The minimum atomic E-state index is -0.490. The van der Waals surface area contributed by atoms with Gasteiger partial charge < -0.3 is 11.7 Å². The summed E-state index contributed by atoms with van der Waals surface area (Å²) in [5.74, 6) is 10.1. The molecule has 0 spiro atoms. The molecule has 1 aromatic carbocycles. The van der Waals surface area contributed by atoms with Gasteiger partial charge in [0.15, 0.2) is 10.6 Å². The van der Waals surface area contributed by atoms with Crippen molar-refractivity contribution in [3.05, 3.63) is 34.7 Å².